The number of aromatic nitrogens is 7. The van der Waals surface area contributed by atoms with Gasteiger partial charge in [0.1, 0.15) is 23.4 Å². The van der Waals surface area contributed by atoms with Gasteiger partial charge in [0.2, 0.25) is 0 Å². The van der Waals surface area contributed by atoms with E-state index in [1.165, 1.54) is 0 Å². The van der Waals surface area contributed by atoms with E-state index in [4.69, 9.17) is 10.1 Å². The fourth-order valence-corrected chi connectivity index (χ4v) is 5.28. The van der Waals surface area contributed by atoms with Crippen molar-refractivity contribution < 1.29 is 0 Å². The Morgan fingerprint density at radius 1 is 1.09 bits per heavy atom. The Kier molecular flexibility index (Phi) is 4.28. The first-order valence-corrected chi connectivity index (χ1v) is 11.2. The standard InChI is InChI=1S/C24H26N8/c1-3-19(32-13-17(12-29-32)21-18-7-10-26-23(18)28-15-27-21)24(2)8-11-31(14-24)20-5-4-16-6-9-25-22(16)30-20/h4-7,9-10,12-13,15,19H,3,8,11,14H2,1-2H3,(H,25,30)(H,26,27,28). The number of nitrogens with zero attached hydrogens (tertiary/aromatic N) is 6. The monoisotopic (exact) mass is 426 g/mol. The van der Waals surface area contributed by atoms with E-state index in [9.17, 15) is 0 Å². The zero-order valence-electron chi connectivity index (χ0n) is 18.3. The molecule has 5 aromatic rings. The second-order valence-corrected chi connectivity index (χ2v) is 9.01. The maximum absolute atomic E-state index is 4.84. The molecule has 32 heavy (non-hydrogen) atoms. The first-order chi connectivity index (χ1) is 15.6. The summed E-state index contributed by atoms with van der Waals surface area (Å²) in [6, 6.07) is 8.64. The number of hydrogen-bond donors (Lipinski definition) is 2. The molecule has 8 heteroatoms. The number of hydrogen-bond acceptors (Lipinski definition) is 5. The molecule has 1 fully saturated rings. The largest absolute Gasteiger partial charge is 0.356 e. The number of rotatable bonds is 5. The molecular formula is C24H26N8. The summed E-state index contributed by atoms with van der Waals surface area (Å²) in [6.45, 7) is 6.58. The van der Waals surface area contributed by atoms with E-state index in [1.807, 2.05) is 24.7 Å². The maximum atomic E-state index is 4.84. The van der Waals surface area contributed by atoms with Crippen molar-refractivity contribution in [3.8, 4) is 11.3 Å². The van der Waals surface area contributed by atoms with Crippen LogP contribution in [0.25, 0.3) is 33.3 Å². The van der Waals surface area contributed by atoms with Crippen molar-refractivity contribution >= 4 is 27.9 Å². The van der Waals surface area contributed by atoms with Crippen molar-refractivity contribution in [2.45, 2.75) is 32.7 Å². The van der Waals surface area contributed by atoms with Gasteiger partial charge in [-0.2, -0.15) is 5.10 Å². The van der Waals surface area contributed by atoms with Crippen molar-refractivity contribution in [2.75, 3.05) is 18.0 Å². The molecule has 0 spiro atoms. The van der Waals surface area contributed by atoms with Gasteiger partial charge < -0.3 is 14.9 Å². The molecule has 6 heterocycles. The van der Waals surface area contributed by atoms with Gasteiger partial charge in [-0.25, -0.2) is 15.0 Å². The summed E-state index contributed by atoms with van der Waals surface area (Å²) < 4.78 is 2.14. The number of nitrogens with one attached hydrogen (secondary N) is 2. The Hall–Kier alpha value is -3.68. The van der Waals surface area contributed by atoms with Gasteiger partial charge >= 0.3 is 0 Å². The van der Waals surface area contributed by atoms with E-state index in [1.54, 1.807) is 6.33 Å². The van der Waals surface area contributed by atoms with Crippen LogP contribution >= 0.6 is 0 Å². The van der Waals surface area contributed by atoms with Gasteiger partial charge in [-0.3, -0.25) is 4.68 Å². The number of H-pyrrole nitrogens is 2. The third-order valence-electron chi connectivity index (χ3n) is 6.96. The lowest BCUT2D eigenvalue weighted by atomic mass is 9.80. The lowest BCUT2D eigenvalue weighted by Gasteiger charge is -2.34. The van der Waals surface area contributed by atoms with Gasteiger partial charge in [0.05, 0.1) is 17.9 Å². The Morgan fingerprint density at radius 2 is 1.97 bits per heavy atom. The highest BCUT2D eigenvalue weighted by atomic mass is 15.3. The van der Waals surface area contributed by atoms with Crippen molar-refractivity contribution in [1.29, 1.82) is 0 Å². The van der Waals surface area contributed by atoms with E-state index >= 15 is 0 Å². The predicted molar refractivity (Wildman–Crippen MR) is 125 cm³/mol. The smallest absolute Gasteiger partial charge is 0.141 e. The Labute approximate surface area is 185 Å². The molecule has 0 radical (unpaired) electrons. The Balaban J connectivity index is 1.28. The zero-order valence-corrected chi connectivity index (χ0v) is 18.3. The fraction of sp³-hybridized carbons (Fsp3) is 0.333. The van der Waals surface area contributed by atoms with Crippen LogP contribution in [0.4, 0.5) is 5.82 Å². The van der Waals surface area contributed by atoms with Crippen LogP contribution in [0.15, 0.2) is 55.4 Å². The van der Waals surface area contributed by atoms with Crippen LogP contribution in [0, 0.1) is 5.41 Å². The minimum absolute atomic E-state index is 0.0967. The third-order valence-corrected chi connectivity index (χ3v) is 6.96. The van der Waals surface area contributed by atoms with E-state index < -0.39 is 0 Å². The fourth-order valence-electron chi connectivity index (χ4n) is 5.28. The molecule has 8 nitrogen and oxygen atoms in total. The normalized spacial score (nSPS) is 19.9. The summed E-state index contributed by atoms with van der Waals surface area (Å²) in [4.78, 5) is 22.5. The van der Waals surface area contributed by atoms with E-state index in [2.05, 4.69) is 67.8 Å². The number of pyridine rings is 1. The molecule has 0 amide bonds. The average Bonchev–Trinajstić information content (AvgIpc) is 3.59. The van der Waals surface area contributed by atoms with Gasteiger partial charge in [-0.15, -0.1) is 0 Å². The van der Waals surface area contributed by atoms with Crippen molar-refractivity contribution in [3.05, 3.63) is 55.4 Å². The van der Waals surface area contributed by atoms with Crippen molar-refractivity contribution in [2.24, 2.45) is 5.41 Å². The second-order valence-electron chi connectivity index (χ2n) is 9.01. The lowest BCUT2D eigenvalue weighted by Crippen LogP contribution is -2.33. The molecule has 5 aromatic heterocycles. The Bertz CT molecular complexity index is 1400. The van der Waals surface area contributed by atoms with Crippen LogP contribution in [0.5, 0.6) is 0 Å². The molecule has 1 saturated heterocycles. The quantitative estimate of drug-likeness (QED) is 0.430. The average molecular weight is 427 g/mol. The molecule has 0 saturated carbocycles. The molecular weight excluding hydrogens is 400 g/mol. The SMILES string of the molecule is CCC(n1cc(-c2ncnc3[nH]ccc23)cn1)C1(C)CCN(c2ccc3cc[nH]c3n2)C1. The molecule has 1 aliphatic heterocycles. The van der Waals surface area contributed by atoms with Crippen molar-refractivity contribution in [1.82, 2.24) is 34.7 Å². The molecule has 6 rings (SSSR count). The topological polar surface area (TPSA) is 91.3 Å². The molecule has 0 aliphatic carbocycles. The summed E-state index contributed by atoms with van der Waals surface area (Å²) >= 11 is 0. The van der Waals surface area contributed by atoms with Crippen LogP contribution < -0.4 is 4.90 Å². The summed E-state index contributed by atoms with van der Waals surface area (Å²) in [6.07, 6.45) is 11.6. The van der Waals surface area contributed by atoms with Gasteiger partial charge in [0.25, 0.3) is 0 Å². The third kappa shape index (κ3) is 2.97. The van der Waals surface area contributed by atoms with Crippen LogP contribution in [-0.2, 0) is 0 Å². The highest BCUT2D eigenvalue weighted by Crippen LogP contribution is 2.43. The zero-order chi connectivity index (χ0) is 21.7. The van der Waals surface area contributed by atoms with E-state index in [0.29, 0.717) is 6.04 Å². The molecule has 1 aliphatic rings. The molecule has 2 N–H and O–H groups in total. The first kappa shape index (κ1) is 19.0. The van der Waals surface area contributed by atoms with E-state index in [0.717, 1.165) is 65.1 Å². The summed E-state index contributed by atoms with van der Waals surface area (Å²) in [5.74, 6) is 1.04. The Morgan fingerprint density at radius 3 is 2.88 bits per heavy atom. The summed E-state index contributed by atoms with van der Waals surface area (Å²) in [5.41, 5.74) is 3.83. The lowest BCUT2D eigenvalue weighted by molar-refractivity contribution is 0.196. The number of anilines is 1. The number of fused-ring (bicyclic) bond motifs is 2. The molecule has 2 unspecified atom stereocenters. The van der Waals surface area contributed by atoms with Crippen molar-refractivity contribution in [3.63, 3.8) is 0 Å². The summed E-state index contributed by atoms with van der Waals surface area (Å²) in [7, 11) is 0. The van der Waals surface area contributed by atoms with Gasteiger partial charge in [-0.05, 0) is 37.1 Å². The van der Waals surface area contributed by atoms with Crippen LogP contribution in [0.1, 0.15) is 32.7 Å². The first-order valence-electron chi connectivity index (χ1n) is 11.2. The predicted octanol–water partition coefficient (Wildman–Crippen LogP) is 4.57. The molecule has 0 aromatic carbocycles. The molecule has 162 valence electrons. The van der Waals surface area contributed by atoms with E-state index in [-0.39, 0.29) is 5.41 Å². The molecule has 0 bridgehead atoms. The van der Waals surface area contributed by atoms with Gasteiger partial charge in [0.15, 0.2) is 0 Å². The van der Waals surface area contributed by atoms with Crippen LogP contribution in [0.3, 0.4) is 0 Å². The minimum Gasteiger partial charge on any atom is -0.356 e. The molecule has 2 atom stereocenters. The minimum atomic E-state index is 0.0967. The van der Waals surface area contributed by atoms with Gasteiger partial charge in [0, 0.05) is 53.4 Å². The number of aromatic amines is 2. The van der Waals surface area contributed by atoms with Gasteiger partial charge in [-0.1, -0.05) is 13.8 Å². The highest BCUT2D eigenvalue weighted by molar-refractivity contribution is 5.90. The highest BCUT2D eigenvalue weighted by Gasteiger charge is 2.41. The van der Waals surface area contributed by atoms with Crippen LogP contribution in [0.2, 0.25) is 0 Å². The second kappa shape index (κ2) is 7.19. The summed E-state index contributed by atoms with van der Waals surface area (Å²) in [5, 5.41) is 6.95. The van der Waals surface area contributed by atoms with Crippen LogP contribution in [-0.4, -0.2) is 47.8 Å². The maximum Gasteiger partial charge on any atom is 0.141 e.